The van der Waals surface area contributed by atoms with E-state index in [4.69, 9.17) is 9.57 Å². The van der Waals surface area contributed by atoms with Gasteiger partial charge < -0.3 is 4.74 Å². The zero-order valence-electron chi connectivity index (χ0n) is 26.9. The van der Waals surface area contributed by atoms with Crippen LogP contribution in [-0.2, 0) is 19.2 Å². The molecule has 0 atom stereocenters. The Morgan fingerprint density at radius 3 is 1.20 bits per heavy atom. The van der Waals surface area contributed by atoms with Crippen LogP contribution in [0.4, 0.5) is 0 Å². The van der Waals surface area contributed by atoms with E-state index in [2.05, 4.69) is 13.8 Å². The molecule has 0 aliphatic carbocycles. The summed E-state index contributed by atoms with van der Waals surface area (Å²) in [5.41, 5.74) is 0. The first-order chi connectivity index (χ1) is 19.7. The number of hydrogen-bond donors (Lipinski definition) is 0. The van der Waals surface area contributed by atoms with Crippen molar-refractivity contribution in [3.05, 3.63) is 0 Å². The Bertz CT molecular complexity index is 538. The van der Waals surface area contributed by atoms with E-state index in [1.165, 1.54) is 167 Å². The zero-order chi connectivity index (χ0) is 28.9. The molecule has 0 saturated carbocycles. The Labute approximate surface area is 248 Å². The molecule has 236 valence electrons. The minimum absolute atomic E-state index is 0.00906. The second-order valence-electron chi connectivity index (χ2n) is 12.4. The molecule has 2 amide bonds. The maximum absolute atomic E-state index is 11.7. The summed E-state index contributed by atoms with van der Waals surface area (Å²) < 4.78 is 5.80. The van der Waals surface area contributed by atoms with Crippen molar-refractivity contribution in [2.24, 2.45) is 5.92 Å². The van der Waals surface area contributed by atoms with Crippen LogP contribution < -0.4 is 0 Å². The molecule has 0 spiro atoms. The van der Waals surface area contributed by atoms with Crippen molar-refractivity contribution in [2.75, 3.05) is 13.4 Å². The van der Waals surface area contributed by atoms with Crippen LogP contribution >= 0.6 is 0 Å². The number of rotatable bonds is 31. The summed E-state index contributed by atoms with van der Waals surface area (Å²) >= 11 is 0. The van der Waals surface area contributed by atoms with Crippen molar-refractivity contribution in [2.45, 2.75) is 194 Å². The Morgan fingerprint density at radius 1 is 0.525 bits per heavy atom. The normalized spacial score (nSPS) is 13.8. The van der Waals surface area contributed by atoms with Crippen molar-refractivity contribution in [1.82, 2.24) is 5.06 Å². The largest absolute Gasteiger partial charge is 0.353 e. The van der Waals surface area contributed by atoms with Crippen LogP contribution in [0.2, 0.25) is 0 Å². The van der Waals surface area contributed by atoms with Crippen LogP contribution in [0, 0.1) is 5.92 Å². The first-order valence-electron chi connectivity index (χ1n) is 17.8. The maximum Gasteiger partial charge on any atom is 0.254 e. The number of ether oxygens (including phenoxy) is 1. The highest BCUT2D eigenvalue weighted by Gasteiger charge is 2.30. The summed E-state index contributed by atoms with van der Waals surface area (Å²) in [4.78, 5) is 28.8. The molecule has 0 unspecified atom stereocenters. The average Bonchev–Trinajstić information content (AvgIpc) is 3.28. The second-order valence-corrected chi connectivity index (χ2v) is 12.4. The van der Waals surface area contributed by atoms with Crippen molar-refractivity contribution in [3.8, 4) is 0 Å². The van der Waals surface area contributed by atoms with Crippen LogP contribution in [-0.4, -0.2) is 30.3 Å². The van der Waals surface area contributed by atoms with E-state index in [-0.39, 0.29) is 31.4 Å². The third-order valence-corrected chi connectivity index (χ3v) is 8.56. The molecule has 1 aliphatic rings. The Morgan fingerprint density at radius 2 is 0.850 bits per heavy atom. The first-order valence-corrected chi connectivity index (χ1v) is 17.8. The van der Waals surface area contributed by atoms with Crippen LogP contribution in [0.5, 0.6) is 0 Å². The van der Waals surface area contributed by atoms with Gasteiger partial charge in [0.15, 0.2) is 6.79 Å². The summed E-state index contributed by atoms with van der Waals surface area (Å²) in [5, 5.41) is 0.894. The fraction of sp³-hybridized carbons (Fsp3) is 0.943. The number of hydrogen-bond acceptors (Lipinski definition) is 4. The second kappa shape index (κ2) is 28.2. The zero-order valence-corrected chi connectivity index (χ0v) is 26.9. The predicted molar refractivity (Wildman–Crippen MR) is 168 cm³/mol. The summed E-state index contributed by atoms with van der Waals surface area (Å²) in [7, 11) is 0. The molecule has 0 N–H and O–H groups in total. The van der Waals surface area contributed by atoms with Crippen molar-refractivity contribution in [3.63, 3.8) is 0 Å². The smallest absolute Gasteiger partial charge is 0.254 e. The molecule has 1 heterocycles. The lowest BCUT2D eigenvalue weighted by molar-refractivity contribution is -0.218. The number of carbonyl (C=O) groups is 2. The van der Waals surface area contributed by atoms with E-state index >= 15 is 0 Å². The molecule has 0 aromatic carbocycles. The van der Waals surface area contributed by atoms with Gasteiger partial charge in [-0.25, -0.2) is 4.84 Å². The lowest BCUT2D eigenvalue weighted by Crippen LogP contribution is -2.30. The number of imide groups is 1. The lowest BCUT2D eigenvalue weighted by atomic mass is 9.94. The third kappa shape index (κ3) is 21.8. The van der Waals surface area contributed by atoms with Gasteiger partial charge in [0.2, 0.25) is 0 Å². The highest BCUT2D eigenvalue weighted by Crippen LogP contribution is 2.21. The number of nitrogens with zero attached hydrogens (tertiary/aromatic N) is 1. The minimum atomic E-state index is -0.252. The van der Waals surface area contributed by atoms with Gasteiger partial charge in [0.25, 0.3) is 11.8 Å². The molecular weight excluding hydrogens is 498 g/mol. The molecule has 5 heteroatoms. The molecule has 40 heavy (non-hydrogen) atoms. The quantitative estimate of drug-likeness (QED) is 0.0476. The van der Waals surface area contributed by atoms with Gasteiger partial charge in [-0.3, -0.25) is 9.59 Å². The van der Waals surface area contributed by atoms with Gasteiger partial charge >= 0.3 is 0 Å². The SMILES string of the molecule is CCCCCCCCCCCCCCC(CCCCCCCCCCCCCC)COCON1C(=O)CCC1=O. The van der Waals surface area contributed by atoms with Crippen LogP contribution in [0.1, 0.15) is 194 Å². The highest BCUT2D eigenvalue weighted by molar-refractivity contribution is 6.00. The van der Waals surface area contributed by atoms with E-state index in [9.17, 15) is 9.59 Å². The molecule has 1 rings (SSSR count). The van der Waals surface area contributed by atoms with E-state index in [1.54, 1.807) is 0 Å². The minimum Gasteiger partial charge on any atom is -0.353 e. The van der Waals surface area contributed by atoms with Crippen molar-refractivity contribution < 1.29 is 19.2 Å². The Hall–Kier alpha value is -0.940. The first kappa shape index (κ1) is 37.1. The fourth-order valence-electron chi connectivity index (χ4n) is 5.86. The van der Waals surface area contributed by atoms with Gasteiger partial charge in [0.1, 0.15) is 0 Å². The average molecular weight is 566 g/mol. The van der Waals surface area contributed by atoms with Gasteiger partial charge in [-0.1, -0.05) is 168 Å². The number of hydroxylamine groups is 2. The van der Waals surface area contributed by atoms with Crippen LogP contribution in [0.3, 0.4) is 0 Å². The molecule has 1 fully saturated rings. The summed E-state index contributed by atoms with van der Waals surface area (Å²) in [6.45, 7) is 5.22. The maximum atomic E-state index is 11.7. The Balaban J connectivity index is 2.13. The molecular formula is C35H67NO4. The van der Waals surface area contributed by atoms with Gasteiger partial charge in [-0.2, -0.15) is 5.06 Å². The van der Waals surface area contributed by atoms with Gasteiger partial charge in [0, 0.05) is 12.8 Å². The molecule has 0 radical (unpaired) electrons. The fourth-order valence-corrected chi connectivity index (χ4v) is 5.86. The molecule has 1 saturated heterocycles. The topological polar surface area (TPSA) is 55.8 Å². The number of carbonyl (C=O) groups excluding carboxylic acids is 2. The van der Waals surface area contributed by atoms with Crippen molar-refractivity contribution in [1.29, 1.82) is 0 Å². The predicted octanol–water partition coefficient (Wildman–Crippen LogP) is 10.8. The molecule has 0 bridgehead atoms. The standard InChI is InChI=1S/C35H67NO4/c1-3-5-7-9-11-13-15-17-19-21-23-25-27-33(31-39-32-40-36-34(37)29-30-35(36)38)28-26-24-22-20-18-16-14-12-10-8-6-4-2/h33H,3-32H2,1-2H3. The number of amides is 2. The lowest BCUT2D eigenvalue weighted by Gasteiger charge is -2.18. The highest BCUT2D eigenvalue weighted by atomic mass is 16.8. The molecule has 1 aliphatic heterocycles. The van der Waals surface area contributed by atoms with Crippen molar-refractivity contribution >= 4 is 11.8 Å². The Kier molecular flexibility index (Phi) is 26.1. The summed E-state index contributed by atoms with van der Waals surface area (Å²) in [6, 6.07) is 0. The van der Waals surface area contributed by atoms with Gasteiger partial charge in [0.05, 0.1) is 6.61 Å². The van der Waals surface area contributed by atoms with Gasteiger partial charge in [-0.15, -0.1) is 0 Å². The van der Waals surface area contributed by atoms with Crippen LogP contribution in [0.15, 0.2) is 0 Å². The van der Waals surface area contributed by atoms with Gasteiger partial charge in [-0.05, 0) is 18.8 Å². The third-order valence-electron chi connectivity index (χ3n) is 8.56. The molecule has 5 nitrogen and oxygen atoms in total. The van der Waals surface area contributed by atoms with E-state index in [0.717, 1.165) is 5.06 Å². The molecule has 0 aromatic heterocycles. The molecule has 0 aromatic rings. The van der Waals surface area contributed by atoms with E-state index in [1.807, 2.05) is 0 Å². The summed E-state index contributed by atoms with van der Waals surface area (Å²) in [6.07, 6.45) is 36.0. The number of unbranched alkanes of at least 4 members (excludes halogenated alkanes) is 22. The van der Waals surface area contributed by atoms with Crippen LogP contribution in [0.25, 0.3) is 0 Å². The van der Waals surface area contributed by atoms with E-state index < -0.39 is 0 Å². The monoisotopic (exact) mass is 566 g/mol. The summed E-state index contributed by atoms with van der Waals surface area (Å²) in [5.74, 6) is 0.0381. The van der Waals surface area contributed by atoms with E-state index in [0.29, 0.717) is 12.5 Å².